The molecule has 0 spiro atoms. The number of halogens is 1. The van der Waals surface area contributed by atoms with E-state index in [4.69, 9.17) is 4.74 Å². The Bertz CT molecular complexity index is 466. The van der Waals surface area contributed by atoms with E-state index in [2.05, 4.69) is 27.1 Å². The molecule has 0 saturated carbocycles. The number of ether oxygens (including phenoxy) is 1. The van der Waals surface area contributed by atoms with E-state index in [0.717, 1.165) is 29.3 Å². The predicted molar refractivity (Wildman–Crippen MR) is 72.7 cm³/mol. The van der Waals surface area contributed by atoms with Gasteiger partial charge in [-0.2, -0.15) is 5.10 Å². The maximum Gasteiger partial charge on any atom is 0.207 e. The normalized spacial score (nSPS) is 15.6. The second-order valence-corrected chi connectivity index (χ2v) is 5.22. The number of ketones is 1. The molecule has 1 aromatic rings. The van der Waals surface area contributed by atoms with E-state index in [1.807, 2.05) is 0 Å². The van der Waals surface area contributed by atoms with Crippen molar-refractivity contribution in [1.29, 1.82) is 0 Å². The van der Waals surface area contributed by atoms with Crippen LogP contribution < -0.4 is 0 Å². The minimum atomic E-state index is 0.0928. The van der Waals surface area contributed by atoms with Crippen LogP contribution in [0, 0.1) is 0 Å². The highest BCUT2D eigenvalue weighted by molar-refractivity contribution is 9.10. The van der Waals surface area contributed by atoms with Crippen LogP contribution >= 0.6 is 15.9 Å². The van der Waals surface area contributed by atoms with Crippen molar-refractivity contribution in [2.24, 2.45) is 0 Å². The van der Waals surface area contributed by atoms with E-state index >= 15 is 0 Å². The smallest absolute Gasteiger partial charge is 0.207 e. The summed E-state index contributed by atoms with van der Waals surface area (Å²) < 4.78 is 7.51. The summed E-state index contributed by atoms with van der Waals surface area (Å²) in [5.74, 6) is 0.0928. The number of hydrogen-bond acceptors (Lipinski definition) is 3. The number of methoxy groups -OCH3 is 1. The zero-order valence-electron chi connectivity index (χ0n) is 10.5. The molecule has 0 radical (unpaired) electrons. The Morgan fingerprint density at radius 3 is 3.06 bits per heavy atom. The van der Waals surface area contributed by atoms with Crippen LogP contribution in [0.25, 0.3) is 0 Å². The van der Waals surface area contributed by atoms with Crippen LogP contribution in [0.15, 0.2) is 22.3 Å². The van der Waals surface area contributed by atoms with Crippen LogP contribution in [0.5, 0.6) is 0 Å². The number of Topliss-reactive ketones (excluding diaryl/α,β-unsaturated/α-hetero) is 1. The lowest BCUT2D eigenvalue weighted by atomic mass is 9.95. The topological polar surface area (TPSA) is 44.1 Å². The van der Waals surface area contributed by atoms with E-state index in [-0.39, 0.29) is 5.78 Å². The van der Waals surface area contributed by atoms with E-state index in [9.17, 15) is 4.79 Å². The lowest BCUT2D eigenvalue weighted by Gasteiger charge is -2.13. The summed E-state index contributed by atoms with van der Waals surface area (Å²) >= 11 is 3.40. The van der Waals surface area contributed by atoms with Crippen molar-refractivity contribution >= 4 is 21.7 Å². The minimum absolute atomic E-state index is 0.0928. The number of nitrogens with zero attached hydrogens (tertiary/aromatic N) is 2. The number of allylic oxidation sites excluding steroid dienone is 2. The number of hydrogen-bond donors (Lipinski definition) is 0. The van der Waals surface area contributed by atoms with E-state index < -0.39 is 0 Å². The molecule has 1 aromatic heterocycles. The molecule has 0 unspecified atom stereocenters. The standard InChI is InChI=1S/C13H17BrN2O2/c1-18-8-7-16-12(11(14)9-15-16)13(17)10-5-3-2-4-6-10/h5,9H,2-4,6-8H2,1H3. The Kier molecular flexibility index (Phi) is 4.72. The molecule has 4 nitrogen and oxygen atoms in total. The van der Waals surface area contributed by atoms with Crippen molar-refractivity contribution < 1.29 is 9.53 Å². The van der Waals surface area contributed by atoms with Gasteiger partial charge in [0.2, 0.25) is 5.78 Å². The SMILES string of the molecule is COCCn1ncc(Br)c1C(=O)C1=CCCCC1. The maximum atomic E-state index is 12.5. The van der Waals surface area contributed by atoms with Crippen LogP contribution in [0.3, 0.4) is 0 Å². The number of carbonyl (C=O) groups excluding carboxylic acids is 1. The molecule has 98 valence electrons. The Morgan fingerprint density at radius 2 is 2.39 bits per heavy atom. The zero-order chi connectivity index (χ0) is 13.0. The first-order chi connectivity index (χ1) is 8.74. The third kappa shape index (κ3) is 2.90. The molecule has 0 aromatic carbocycles. The van der Waals surface area contributed by atoms with Crippen molar-refractivity contribution in [3.8, 4) is 0 Å². The molecule has 5 heteroatoms. The second kappa shape index (κ2) is 6.29. The Labute approximate surface area is 115 Å². The van der Waals surface area contributed by atoms with Crippen LogP contribution in [0.4, 0.5) is 0 Å². The largest absolute Gasteiger partial charge is 0.383 e. The molecule has 0 N–H and O–H groups in total. The molecule has 1 heterocycles. The lowest BCUT2D eigenvalue weighted by molar-refractivity contribution is 0.101. The maximum absolute atomic E-state index is 12.5. The first kappa shape index (κ1) is 13.5. The Hall–Kier alpha value is -0.940. The zero-order valence-corrected chi connectivity index (χ0v) is 12.1. The number of rotatable bonds is 5. The molecule has 0 atom stereocenters. The fraction of sp³-hybridized carbons (Fsp3) is 0.538. The molecule has 1 aliphatic rings. The molecule has 18 heavy (non-hydrogen) atoms. The Balaban J connectivity index is 2.23. The molecule has 1 aliphatic carbocycles. The van der Waals surface area contributed by atoms with Crippen LogP contribution in [-0.2, 0) is 11.3 Å². The van der Waals surface area contributed by atoms with Gasteiger partial charge in [0.1, 0.15) is 5.69 Å². The summed E-state index contributed by atoms with van der Waals surface area (Å²) in [5, 5.41) is 4.21. The highest BCUT2D eigenvalue weighted by atomic mass is 79.9. The molecule has 0 bridgehead atoms. The first-order valence-electron chi connectivity index (χ1n) is 6.18. The van der Waals surface area contributed by atoms with E-state index in [1.165, 1.54) is 6.42 Å². The van der Waals surface area contributed by atoms with Gasteiger partial charge >= 0.3 is 0 Å². The van der Waals surface area contributed by atoms with Gasteiger partial charge in [-0.05, 0) is 47.2 Å². The summed E-state index contributed by atoms with van der Waals surface area (Å²) in [6.45, 7) is 1.14. The highest BCUT2D eigenvalue weighted by Crippen LogP contribution is 2.25. The van der Waals surface area contributed by atoms with Crippen LogP contribution in [0.2, 0.25) is 0 Å². The second-order valence-electron chi connectivity index (χ2n) is 4.36. The third-order valence-electron chi connectivity index (χ3n) is 3.10. The molecular formula is C13H17BrN2O2. The van der Waals surface area contributed by atoms with Crippen LogP contribution in [-0.4, -0.2) is 29.3 Å². The van der Waals surface area contributed by atoms with Gasteiger partial charge < -0.3 is 4.74 Å². The Morgan fingerprint density at radius 1 is 1.56 bits per heavy atom. The van der Waals surface area contributed by atoms with Gasteiger partial charge in [0, 0.05) is 7.11 Å². The van der Waals surface area contributed by atoms with Crippen molar-refractivity contribution in [1.82, 2.24) is 9.78 Å². The molecule has 0 amide bonds. The van der Waals surface area contributed by atoms with Gasteiger partial charge in [0.25, 0.3) is 0 Å². The molecule has 0 saturated heterocycles. The molecule has 2 rings (SSSR count). The summed E-state index contributed by atoms with van der Waals surface area (Å²) in [4.78, 5) is 12.5. The van der Waals surface area contributed by atoms with Crippen molar-refractivity contribution in [3.63, 3.8) is 0 Å². The van der Waals surface area contributed by atoms with Gasteiger partial charge in [0.05, 0.1) is 23.8 Å². The predicted octanol–water partition coefficient (Wildman–Crippen LogP) is 2.98. The minimum Gasteiger partial charge on any atom is -0.383 e. The van der Waals surface area contributed by atoms with Gasteiger partial charge in [-0.3, -0.25) is 9.48 Å². The number of carbonyl (C=O) groups is 1. The highest BCUT2D eigenvalue weighted by Gasteiger charge is 2.21. The summed E-state index contributed by atoms with van der Waals surface area (Å²) in [5.41, 5.74) is 1.56. The molecule has 0 aliphatic heterocycles. The first-order valence-corrected chi connectivity index (χ1v) is 6.97. The van der Waals surface area contributed by atoms with Crippen molar-refractivity contribution in [2.75, 3.05) is 13.7 Å². The average molecular weight is 313 g/mol. The summed E-state index contributed by atoms with van der Waals surface area (Å²) in [6, 6.07) is 0. The summed E-state index contributed by atoms with van der Waals surface area (Å²) in [7, 11) is 1.64. The van der Waals surface area contributed by atoms with E-state index in [1.54, 1.807) is 18.0 Å². The van der Waals surface area contributed by atoms with Gasteiger partial charge in [0.15, 0.2) is 0 Å². The van der Waals surface area contributed by atoms with Gasteiger partial charge in [-0.25, -0.2) is 0 Å². The third-order valence-corrected chi connectivity index (χ3v) is 3.68. The van der Waals surface area contributed by atoms with Crippen molar-refractivity contribution in [3.05, 3.63) is 28.0 Å². The quantitative estimate of drug-likeness (QED) is 0.785. The van der Waals surface area contributed by atoms with E-state index in [0.29, 0.717) is 18.8 Å². The van der Waals surface area contributed by atoms with Gasteiger partial charge in [-0.1, -0.05) is 6.08 Å². The summed E-state index contributed by atoms with van der Waals surface area (Å²) in [6.07, 6.45) is 7.89. The van der Waals surface area contributed by atoms with Gasteiger partial charge in [-0.15, -0.1) is 0 Å². The molecular weight excluding hydrogens is 296 g/mol. The average Bonchev–Trinajstić information content (AvgIpc) is 2.77. The van der Waals surface area contributed by atoms with Crippen LogP contribution in [0.1, 0.15) is 36.2 Å². The van der Waals surface area contributed by atoms with Crippen molar-refractivity contribution in [2.45, 2.75) is 32.2 Å². The number of aromatic nitrogens is 2. The lowest BCUT2D eigenvalue weighted by Crippen LogP contribution is -2.16. The fourth-order valence-electron chi connectivity index (χ4n) is 2.13. The monoisotopic (exact) mass is 312 g/mol. The molecule has 0 fully saturated rings. The fourth-order valence-corrected chi connectivity index (χ4v) is 2.61.